The summed E-state index contributed by atoms with van der Waals surface area (Å²) in [5.41, 5.74) is 2.63. The van der Waals surface area contributed by atoms with Crippen LogP contribution in [0.1, 0.15) is 29.3 Å². The molecule has 188 valence electrons. The molecule has 0 saturated heterocycles. The summed E-state index contributed by atoms with van der Waals surface area (Å²) in [6.45, 7) is 4.72. The summed E-state index contributed by atoms with van der Waals surface area (Å²) < 4.78 is 18.2. The van der Waals surface area contributed by atoms with Gasteiger partial charge in [0.25, 0.3) is 11.5 Å². The number of nitrogens with one attached hydrogen (secondary N) is 2. The first-order valence-corrected chi connectivity index (χ1v) is 11.9. The van der Waals surface area contributed by atoms with E-state index in [1.807, 2.05) is 38.1 Å². The first-order valence-electron chi connectivity index (χ1n) is 11.9. The van der Waals surface area contributed by atoms with E-state index in [1.54, 1.807) is 42.5 Å². The van der Waals surface area contributed by atoms with E-state index >= 15 is 0 Å². The van der Waals surface area contributed by atoms with Gasteiger partial charge in [-0.25, -0.2) is 0 Å². The molecule has 0 unspecified atom stereocenters. The van der Waals surface area contributed by atoms with Crippen molar-refractivity contribution in [2.75, 3.05) is 18.7 Å². The predicted molar refractivity (Wildman–Crippen MR) is 140 cm³/mol. The molecule has 0 atom stereocenters. The van der Waals surface area contributed by atoms with Gasteiger partial charge in [-0.1, -0.05) is 24.6 Å². The Morgan fingerprint density at radius 1 is 1.03 bits per heavy atom. The zero-order valence-electron chi connectivity index (χ0n) is 20.5. The van der Waals surface area contributed by atoms with Gasteiger partial charge >= 0.3 is 0 Å². The third-order valence-electron chi connectivity index (χ3n) is 5.75. The van der Waals surface area contributed by atoms with Crippen molar-refractivity contribution in [3.8, 4) is 28.7 Å². The molecule has 0 radical (unpaired) electrons. The first kappa shape index (κ1) is 23.9. The van der Waals surface area contributed by atoms with Crippen LogP contribution in [-0.4, -0.2) is 29.0 Å². The zero-order valence-corrected chi connectivity index (χ0v) is 20.5. The minimum Gasteiger partial charge on any atom is -0.454 e. The molecule has 1 aliphatic rings. The lowest BCUT2D eigenvalue weighted by Crippen LogP contribution is -2.24. The number of aryl methyl sites for hydroxylation is 1. The van der Waals surface area contributed by atoms with Gasteiger partial charge in [-0.15, -0.1) is 0 Å². The van der Waals surface area contributed by atoms with Gasteiger partial charge < -0.3 is 24.8 Å². The molecule has 4 aromatic rings. The van der Waals surface area contributed by atoms with Crippen LogP contribution in [0.5, 0.6) is 23.0 Å². The predicted octanol–water partition coefficient (Wildman–Crippen LogP) is 4.95. The second kappa shape index (κ2) is 10.4. The summed E-state index contributed by atoms with van der Waals surface area (Å²) in [6.07, 6.45) is 2.34. The molecule has 1 amide bonds. The highest BCUT2D eigenvalue weighted by Gasteiger charge is 2.18. The molecule has 0 fully saturated rings. The van der Waals surface area contributed by atoms with Crippen molar-refractivity contribution < 1.29 is 19.0 Å². The number of anilines is 2. The molecule has 9 nitrogen and oxygen atoms in total. The SMILES string of the molecule is CCCNC(=O)c1ccc(Nc2c(Oc3ccc4c(c3)OCO4)cnn(-c3ccc(C)cc3)c2=O)cc1. The fraction of sp³-hybridized carbons (Fsp3) is 0.179. The van der Waals surface area contributed by atoms with E-state index in [-0.39, 0.29) is 24.1 Å². The molecule has 0 bridgehead atoms. The van der Waals surface area contributed by atoms with Gasteiger partial charge in [0.1, 0.15) is 5.75 Å². The number of aromatic nitrogens is 2. The third kappa shape index (κ3) is 5.25. The normalized spacial score (nSPS) is 11.7. The summed E-state index contributed by atoms with van der Waals surface area (Å²) in [7, 11) is 0. The van der Waals surface area contributed by atoms with Crippen molar-refractivity contribution >= 4 is 17.3 Å². The lowest BCUT2D eigenvalue weighted by atomic mass is 10.2. The topological polar surface area (TPSA) is 104 Å². The standard InChI is InChI=1S/C28H26N4O5/c1-3-14-29-27(33)19-6-8-20(9-7-19)31-26-25(37-22-12-13-23-24(15-22)36-17-35-23)16-30-32(28(26)34)21-10-4-18(2)5-11-21/h4-13,15-16,31H,3,14,17H2,1-2H3,(H,29,33). The van der Waals surface area contributed by atoms with Gasteiger partial charge in [0, 0.05) is 23.9 Å². The van der Waals surface area contributed by atoms with Crippen LogP contribution in [0.15, 0.2) is 77.7 Å². The van der Waals surface area contributed by atoms with Gasteiger partial charge in [0.05, 0.1) is 11.9 Å². The number of carbonyl (C=O) groups is 1. The molecule has 3 aromatic carbocycles. The molecule has 0 spiro atoms. The highest BCUT2D eigenvalue weighted by atomic mass is 16.7. The van der Waals surface area contributed by atoms with E-state index < -0.39 is 5.56 Å². The molecule has 0 saturated carbocycles. The number of ether oxygens (including phenoxy) is 3. The van der Waals surface area contributed by atoms with Crippen LogP contribution in [0, 0.1) is 6.92 Å². The quantitative estimate of drug-likeness (QED) is 0.354. The number of nitrogens with zero attached hydrogens (tertiary/aromatic N) is 2. The van der Waals surface area contributed by atoms with Gasteiger partial charge in [0.2, 0.25) is 6.79 Å². The Morgan fingerprint density at radius 2 is 1.78 bits per heavy atom. The first-order chi connectivity index (χ1) is 18.0. The van der Waals surface area contributed by atoms with E-state index in [0.717, 1.165) is 12.0 Å². The number of hydrogen-bond donors (Lipinski definition) is 2. The van der Waals surface area contributed by atoms with E-state index in [4.69, 9.17) is 14.2 Å². The Bertz CT molecular complexity index is 1480. The van der Waals surface area contributed by atoms with Crippen molar-refractivity contribution in [2.24, 2.45) is 0 Å². The number of hydrogen-bond acceptors (Lipinski definition) is 7. The van der Waals surface area contributed by atoms with Crippen molar-refractivity contribution in [1.29, 1.82) is 0 Å². The second-order valence-corrected chi connectivity index (χ2v) is 8.51. The van der Waals surface area contributed by atoms with Crippen LogP contribution in [0.3, 0.4) is 0 Å². The number of amides is 1. The van der Waals surface area contributed by atoms with Crippen molar-refractivity contribution in [1.82, 2.24) is 15.1 Å². The van der Waals surface area contributed by atoms with Crippen molar-refractivity contribution in [3.05, 3.63) is 94.4 Å². The zero-order chi connectivity index (χ0) is 25.8. The maximum atomic E-state index is 13.6. The summed E-state index contributed by atoms with van der Waals surface area (Å²) in [6, 6.07) is 19.5. The molecule has 0 aliphatic carbocycles. The van der Waals surface area contributed by atoms with Gasteiger partial charge in [-0.05, 0) is 61.9 Å². The molecule has 37 heavy (non-hydrogen) atoms. The molecular formula is C28H26N4O5. The number of fused-ring (bicyclic) bond motifs is 1. The lowest BCUT2D eigenvalue weighted by Gasteiger charge is -2.15. The van der Waals surface area contributed by atoms with Crippen LogP contribution >= 0.6 is 0 Å². The monoisotopic (exact) mass is 498 g/mol. The average molecular weight is 499 g/mol. The maximum absolute atomic E-state index is 13.6. The number of rotatable bonds is 8. The Hall–Kier alpha value is -4.79. The highest BCUT2D eigenvalue weighted by Crippen LogP contribution is 2.37. The van der Waals surface area contributed by atoms with Crippen molar-refractivity contribution in [2.45, 2.75) is 20.3 Å². The Kier molecular flexibility index (Phi) is 6.76. The average Bonchev–Trinajstić information content (AvgIpc) is 3.38. The number of benzene rings is 3. The van der Waals surface area contributed by atoms with Gasteiger partial charge in [0.15, 0.2) is 22.9 Å². The summed E-state index contributed by atoms with van der Waals surface area (Å²) in [5, 5.41) is 10.4. The lowest BCUT2D eigenvalue weighted by molar-refractivity contribution is 0.0953. The summed E-state index contributed by atoms with van der Waals surface area (Å²) >= 11 is 0. The van der Waals surface area contributed by atoms with Gasteiger partial charge in [-0.3, -0.25) is 9.59 Å². The molecule has 5 rings (SSSR count). The second-order valence-electron chi connectivity index (χ2n) is 8.51. The highest BCUT2D eigenvalue weighted by molar-refractivity contribution is 5.94. The number of carbonyl (C=O) groups excluding carboxylic acids is 1. The largest absolute Gasteiger partial charge is 0.454 e. The fourth-order valence-corrected chi connectivity index (χ4v) is 3.76. The van der Waals surface area contributed by atoms with Gasteiger partial charge in [-0.2, -0.15) is 9.78 Å². The molecule has 1 aromatic heterocycles. The molecule has 9 heteroatoms. The Labute approximate surface area is 213 Å². The molecule has 2 N–H and O–H groups in total. The minimum absolute atomic E-state index is 0.145. The van der Waals surface area contributed by atoms with E-state index in [2.05, 4.69) is 15.7 Å². The molecule has 2 heterocycles. The van der Waals surface area contributed by atoms with Crippen LogP contribution in [-0.2, 0) is 0 Å². The van der Waals surface area contributed by atoms with Crippen LogP contribution in [0.4, 0.5) is 11.4 Å². The maximum Gasteiger partial charge on any atom is 0.299 e. The smallest absolute Gasteiger partial charge is 0.299 e. The van der Waals surface area contributed by atoms with Crippen LogP contribution < -0.4 is 30.4 Å². The van der Waals surface area contributed by atoms with Crippen LogP contribution in [0.25, 0.3) is 5.69 Å². The van der Waals surface area contributed by atoms with Crippen molar-refractivity contribution in [3.63, 3.8) is 0 Å². The molecular weight excluding hydrogens is 472 g/mol. The Balaban J connectivity index is 1.49. The summed E-state index contributed by atoms with van der Waals surface area (Å²) in [5.74, 6) is 1.74. The third-order valence-corrected chi connectivity index (χ3v) is 5.75. The van der Waals surface area contributed by atoms with E-state index in [0.29, 0.717) is 40.7 Å². The fourth-order valence-electron chi connectivity index (χ4n) is 3.76. The summed E-state index contributed by atoms with van der Waals surface area (Å²) in [4.78, 5) is 25.9. The van der Waals surface area contributed by atoms with Crippen LogP contribution in [0.2, 0.25) is 0 Å². The van der Waals surface area contributed by atoms with E-state index in [9.17, 15) is 9.59 Å². The minimum atomic E-state index is -0.396. The molecule has 1 aliphatic heterocycles. The van der Waals surface area contributed by atoms with E-state index in [1.165, 1.54) is 10.9 Å². The Morgan fingerprint density at radius 3 is 2.54 bits per heavy atom.